The summed E-state index contributed by atoms with van der Waals surface area (Å²) in [4.78, 5) is 24.1. The molecule has 2 unspecified atom stereocenters. The number of primary amides is 1. The van der Waals surface area contributed by atoms with Crippen molar-refractivity contribution in [2.75, 3.05) is 11.4 Å². The number of benzene rings is 1. The molecule has 122 valence electrons. The fourth-order valence-corrected chi connectivity index (χ4v) is 4.05. The van der Waals surface area contributed by atoms with Crippen molar-refractivity contribution in [2.45, 2.75) is 31.0 Å². The molecule has 2 amide bonds. The number of halogens is 1. The van der Waals surface area contributed by atoms with E-state index >= 15 is 0 Å². The van der Waals surface area contributed by atoms with Gasteiger partial charge in [0.1, 0.15) is 5.82 Å². The molecule has 0 aromatic heterocycles. The number of aliphatic hydroxyl groups excluding tert-OH is 1. The molecule has 1 saturated heterocycles. The number of rotatable bonds is 3. The average molecular weight is 320 g/mol. The number of cyclic esters (lactones) is 1. The molecule has 1 aliphatic heterocycles. The molecular formula is C16H17FN2O4. The van der Waals surface area contributed by atoms with Gasteiger partial charge in [-0.3, -0.25) is 9.69 Å². The number of carbonyl (C=O) groups is 2. The second-order valence-electron chi connectivity index (χ2n) is 6.57. The lowest BCUT2D eigenvalue weighted by molar-refractivity contribution is -0.124. The number of fused-ring (bicyclic) bond motifs is 1. The van der Waals surface area contributed by atoms with Crippen molar-refractivity contribution in [1.82, 2.24) is 0 Å². The van der Waals surface area contributed by atoms with Crippen LogP contribution in [0.5, 0.6) is 0 Å². The number of carbonyl (C=O) groups excluding carboxylic acids is 2. The van der Waals surface area contributed by atoms with Crippen LogP contribution >= 0.6 is 0 Å². The molecule has 2 saturated carbocycles. The van der Waals surface area contributed by atoms with E-state index in [1.807, 2.05) is 0 Å². The Morgan fingerprint density at radius 1 is 1.35 bits per heavy atom. The number of anilines is 1. The van der Waals surface area contributed by atoms with Crippen LogP contribution in [-0.4, -0.2) is 35.9 Å². The zero-order valence-corrected chi connectivity index (χ0v) is 12.3. The minimum absolute atomic E-state index is 0.00613. The Hall–Kier alpha value is -2.15. The quantitative estimate of drug-likeness (QED) is 0.873. The topological polar surface area (TPSA) is 92.9 Å². The van der Waals surface area contributed by atoms with Crippen LogP contribution in [0.3, 0.4) is 0 Å². The summed E-state index contributed by atoms with van der Waals surface area (Å²) in [7, 11) is 0. The number of ether oxygens (including phenoxy) is 1. The number of hydrogen-bond donors (Lipinski definition) is 2. The van der Waals surface area contributed by atoms with E-state index in [4.69, 9.17) is 10.5 Å². The van der Waals surface area contributed by atoms with E-state index in [9.17, 15) is 19.1 Å². The summed E-state index contributed by atoms with van der Waals surface area (Å²) in [5.41, 5.74) is 6.12. The first kappa shape index (κ1) is 14.4. The molecule has 0 radical (unpaired) electrons. The van der Waals surface area contributed by atoms with Crippen molar-refractivity contribution in [2.24, 2.45) is 17.6 Å². The van der Waals surface area contributed by atoms with Gasteiger partial charge in [-0.05, 0) is 48.3 Å². The molecule has 4 rings (SSSR count). The summed E-state index contributed by atoms with van der Waals surface area (Å²) >= 11 is 0. The summed E-state index contributed by atoms with van der Waals surface area (Å²) in [6, 6.07) is 4.64. The maximum Gasteiger partial charge on any atom is 0.415 e. The summed E-state index contributed by atoms with van der Waals surface area (Å²) in [6.45, 7) is -0.00613. The van der Waals surface area contributed by atoms with Crippen LogP contribution in [0.4, 0.5) is 14.9 Å². The number of nitrogens with two attached hydrogens (primary N) is 1. The van der Waals surface area contributed by atoms with Gasteiger partial charge in [0.2, 0.25) is 0 Å². The predicted octanol–water partition coefficient (Wildman–Crippen LogP) is 1.12. The lowest BCUT2D eigenvalue weighted by Gasteiger charge is -2.15. The van der Waals surface area contributed by atoms with Gasteiger partial charge in [-0.1, -0.05) is 6.07 Å². The van der Waals surface area contributed by atoms with Crippen molar-refractivity contribution < 1.29 is 23.8 Å². The first-order chi connectivity index (χ1) is 11.0. The second-order valence-corrected chi connectivity index (χ2v) is 6.57. The first-order valence-corrected chi connectivity index (χ1v) is 7.70. The van der Waals surface area contributed by atoms with E-state index in [-0.39, 0.29) is 24.4 Å². The standard InChI is InChI=1S/C16H17FN2O4/c17-12-3-7(19-6-13(15(18)21)23-16(19)22)1-2-9(12)14-10-4-8(20)5-11(10)14/h1-3,8,10-11,13-14,20H,4-6H2,(H2,18,21)/t8?,10?,11?,13-,14?/m1/s1. The smallest absolute Gasteiger partial charge is 0.415 e. The second kappa shape index (κ2) is 4.92. The van der Waals surface area contributed by atoms with E-state index in [0.717, 1.165) is 12.8 Å². The number of nitrogens with zero attached hydrogens (tertiary/aromatic N) is 1. The van der Waals surface area contributed by atoms with Crippen LogP contribution in [0.2, 0.25) is 0 Å². The van der Waals surface area contributed by atoms with Gasteiger partial charge in [0.15, 0.2) is 6.10 Å². The molecule has 1 aromatic carbocycles. The van der Waals surface area contributed by atoms with Gasteiger partial charge in [-0.2, -0.15) is 0 Å². The maximum atomic E-state index is 14.4. The molecular weight excluding hydrogens is 303 g/mol. The molecule has 0 bridgehead atoms. The molecule has 3 aliphatic rings. The largest absolute Gasteiger partial charge is 0.434 e. The highest BCUT2D eigenvalue weighted by Crippen LogP contribution is 2.63. The Labute approximate surface area is 132 Å². The Morgan fingerprint density at radius 3 is 2.61 bits per heavy atom. The Morgan fingerprint density at radius 2 is 2.04 bits per heavy atom. The van der Waals surface area contributed by atoms with E-state index < -0.39 is 18.1 Å². The van der Waals surface area contributed by atoms with Crippen molar-refractivity contribution in [3.8, 4) is 0 Å². The summed E-state index contributed by atoms with van der Waals surface area (Å²) < 4.78 is 19.3. The number of aliphatic hydroxyl groups is 1. The number of hydrogen-bond acceptors (Lipinski definition) is 4. The van der Waals surface area contributed by atoms with Crippen LogP contribution in [0, 0.1) is 17.7 Å². The summed E-state index contributed by atoms with van der Waals surface area (Å²) in [6.07, 6.45) is -0.500. The van der Waals surface area contributed by atoms with Crippen molar-refractivity contribution >= 4 is 17.7 Å². The maximum absolute atomic E-state index is 14.4. The summed E-state index contributed by atoms with van der Waals surface area (Å²) in [5.74, 6) is -0.201. The third kappa shape index (κ3) is 2.26. The zero-order valence-electron chi connectivity index (χ0n) is 12.3. The third-order valence-electron chi connectivity index (χ3n) is 5.20. The Bertz CT molecular complexity index is 683. The lowest BCUT2D eigenvalue weighted by Crippen LogP contribution is -2.32. The minimum Gasteiger partial charge on any atom is -0.434 e. The predicted molar refractivity (Wildman–Crippen MR) is 78.2 cm³/mol. The molecule has 3 fully saturated rings. The molecule has 3 N–H and O–H groups in total. The van der Waals surface area contributed by atoms with Gasteiger partial charge >= 0.3 is 6.09 Å². The molecule has 7 heteroatoms. The van der Waals surface area contributed by atoms with Gasteiger partial charge < -0.3 is 15.6 Å². The van der Waals surface area contributed by atoms with Gasteiger partial charge in [-0.15, -0.1) is 0 Å². The van der Waals surface area contributed by atoms with E-state index in [1.165, 1.54) is 11.0 Å². The SMILES string of the molecule is NC(=O)[C@H]1CN(c2ccc(C3C4CC(O)CC43)c(F)c2)C(=O)O1. The van der Waals surface area contributed by atoms with Gasteiger partial charge in [0.05, 0.1) is 18.3 Å². The van der Waals surface area contributed by atoms with E-state index in [1.54, 1.807) is 12.1 Å². The monoisotopic (exact) mass is 320 g/mol. The fraction of sp³-hybridized carbons (Fsp3) is 0.500. The molecule has 6 nitrogen and oxygen atoms in total. The lowest BCUT2D eigenvalue weighted by atomic mass is 10.0. The van der Waals surface area contributed by atoms with Crippen LogP contribution in [0.1, 0.15) is 24.3 Å². The molecule has 3 atom stereocenters. The van der Waals surface area contributed by atoms with Gasteiger partial charge in [-0.25, -0.2) is 9.18 Å². The normalized spacial score (nSPS) is 35.1. The Balaban J connectivity index is 1.53. The van der Waals surface area contributed by atoms with Crippen LogP contribution in [0.15, 0.2) is 18.2 Å². The number of amides is 2. The van der Waals surface area contributed by atoms with Crippen molar-refractivity contribution in [1.29, 1.82) is 0 Å². The van der Waals surface area contributed by atoms with Crippen molar-refractivity contribution in [3.63, 3.8) is 0 Å². The Kier molecular flexibility index (Phi) is 3.09. The highest BCUT2D eigenvalue weighted by molar-refractivity contribution is 5.95. The average Bonchev–Trinajstić information content (AvgIpc) is 2.84. The third-order valence-corrected chi connectivity index (χ3v) is 5.20. The molecule has 0 spiro atoms. The molecule has 1 heterocycles. The van der Waals surface area contributed by atoms with Gasteiger partial charge in [0.25, 0.3) is 5.91 Å². The van der Waals surface area contributed by atoms with Crippen LogP contribution < -0.4 is 10.6 Å². The van der Waals surface area contributed by atoms with E-state index in [0.29, 0.717) is 23.1 Å². The van der Waals surface area contributed by atoms with Crippen LogP contribution in [0.25, 0.3) is 0 Å². The van der Waals surface area contributed by atoms with E-state index in [2.05, 4.69) is 0 Å². The highest BCUT2D eigenvalue weighted by atomic mass is 19.1. The first-order valence-electron chi connectivity index (χ1n) is 7.70. The zero-order chi connectivity index (χ0) is 16.3. The highest BCUT2D eigenvalue weighted by Gasteiger charge is 2.56. The summed E-state index contributed by atoms with van der Waals surface area (Å²) in [5, 5.41) is 9.56. The van der Waals surface area contributed by atoms with Crippen LogP contribution in [-0.2, 0) is 9.53 Å². The molecule has 23 heavy (non-hydrogen) atoms. The molecule has 2 aliphatic carbocycles. The fourth-order valence-electron chi connectivity index (χ4n) is 4.05. The molecule has 1 aromatic rings. The van der Waals surface area contributed by atoms with Gasteiger partial charge in [0, 0.05) is 0 Å². The minimum atomic E-state index is -1.01. The van der Waals surface area contributed by atoms with Crippen molar-refractivity contribution in [3.05, 3.63) is 29.6 Å².